The Hall–Kier alpha value is -3.22. The van der Waals surface area contributed by atoms with Crippen LogP contribution in [0.5, 0.6) is 5.75 Å². The van der Waals surface area contributed by atoms with Gasteiger partial charge in [-0.3, -0.25) is 0 Å². The minimum absolute atomic E-state index is 0.0221. The molecule has 4 heterocycles. The van der Waals surface area contributed by atoms with Crippen LogP contribution in [0.4, 0.5) is 4.39 Å². The third kappa shape index (κ3) is 3.66. The van der Waals surface area contributed by atoms with E-state index in [4.69, 9.17) is 13.9 Å². The second-order valence-electron chi connectivity index (χ2n) is 7.13. The molecule has 0 aliphatic carbocycles. The fourth-order valence-electron chi connectivity index (χ4n) is 3.51. The number of rotatable bonds is 5. The Morgan fingerprint density at radius 3 is 2.78 bits per heavy atom. The molecule has 0 unspecified atom stereocenters. The van der Waals surface area contributed by atoms with Crippen molar-refractivity contribution < 1.29 is 26.7 Å². The number of thiophene rings is 1. The summed E-state index contributed by atoms with van der Waals surface area (Å²) >= 11 is 1.10. The van der Waals surface area contributed by atoms with Crippen molar-refractivity contribution in [3.8, 4) is 22.2 Å². The van der Waals surface area contributed by atoms with E-state index in [1.54, 1.807) is 29.1 Å². The number of ether oxygens (including phenoxy) is 2. The van der Waals surface area contributed by atoms with Crippen molar-refractivity contribution in [1.82, 2.24) is 14.3 Å². The number of nitrogens with zero attached hydrogens (tertiary/aromatic N) is 3. The minimum Gasteiger partial charge on any atom is -0.467 e. The van der Waals surface area contributed by atoms with Crippen LogP contribution in [0.3, 0.4) is 0 Å². The lowest BCUT2D eigenvalue weighted by Crippen LogP contribution is -2.19. The molecule has 0 spiro atoms. The maximum absolute atomic E-state index is 14.1. The van der Waals surface area contributed by atoms with Gasteiger partial charge in [0.1, 0.15) is 21.3 Å². The Labute approximate surface area is 185 Å². The second-order valence-corrected chi connectivity index (χ2v) is 10.00. The molecule has 4 aromatic rings. The predicted molar refractivity (Wildman–Crippen MR) is 112 cm³/mol. The van der Waals surface area contributed by atoms with Crippen molar-refractivity contribution in [2.45, 2.75) is 18.0 Å². The van der Waals surface area contributed by atoms with E-state index in [1.807, 2.05) is 0 Å². The largest absolute Gasteiger partial charge is 0.467 e. The molecule has 0 saturated carbocycles. The third-order valence-electron chi connectivity index (χ3n) is 4.87. The summed E-state index contributed by atoms with van der Waals surface area (Å²) in [5.74, 6) is -0.848. The average molecular weight is 477 g/mol. The van der Waals surface area contributed by atoms with E-state index in [0.29, 0.717) is 27.4 Å². The van der Waals surface area contributed by atoms with E-state index in [2.05, 4.69) is 5.10 Å². The van der Waals surface area contributed by atoms with Crippen LogP contribution in [0.15, 0.2) is 56.1 Å². The monoisotopic (exact) mass is 477 g/mol. The van der Waals surface area contributed by atoms with E-state index in [0.717, 1.165) is 22.3 Å². The summed E-state index contributed by atoms with van der Waals surface area (Å²) in [6, 6.07) is 6.08. The Morgan fingerprint density at radius 1 is 1.25 bits per heavy atom. The average Bonchev–Trinajstić information content (AvgIpc) is 3.46. The molecule has 0 radical (unpaired) electrons. The highest BCUT2D eigenvalue weighted by molar-refractivity contribution is 7.91. The van der Waals surface area contributed by atoms with Crippen molar-refractivity contribution in [2.24, 2.45) is 0 Å². The molecule has 0 amide bonds. The highest BCUT2D eigenvalue weighted by Crippen LogP contribution is 2.37. The summed E-state index contributed by atoms with van der Waals surface area (Å²) in [6.45, 7) is 0.128. The summed E-state index contributed by atoms with van der Waals surface area (Å²) in [5.41, 5.74) is 1.30. The molecule has 5 rings (SSSR count). The lowest BCUT2D eigenvalue weighted by atomic mass is 10.1. The summed E-state index contributed by atoms with van der Waals surface area (Å²) in [5, 5.41) is 5.73. The lowest BCUT2D eigenvalue weighted by Gasteiger charge is -2.20. The molecule has 1 aliphatic heterocycles. The standard InChI is InChI=1S/C20H16FN3O6S2/c1-32(26,27)15-10-31-18(16(15)23-4-2-3-5-23)19-22-24(20(25)30-19)8-12-6-14(21)7-13-9-28-11-29-17(12)13/h2-7,10H,8-9,11H2,1H3. The van der Waals surface area contributed by atoms with Crippen LogP contribution in [0, 0.1) is 5.82 Å². The maximum atomic E-state index is 14.1. The van der Waals surface area contributed by atoms with E-state index >= 15 is 0 Å². The van der Waals surface area contributed by atoms with Crippen molar-refractivity contribution in [3.05, 3.63) is 69.5 Å². The number of fused-ring (bicyclic) bond motifs is 1. The highest BCUT2D eigenvalue weighted by Gasteiger charge is 2.26. The first-order valence-electron chi connectivity index (χ1n) is 9.36. The topological polar surface area (TPSA) is 106 Å². The quantitative estimate of drug-likeness (QED) is 0.435. The molecular formula is C20H16FN3O6S2. The molecule has 0 N–H and O–H groups in total. The van der Waals surface area contributed by atoms with Gasteiger partial charge >= 0.3 is 5.76 Å². The zero-order valence-corrected chi connectivity index (χ0v) is 18.3. The highest BCUT2D eigenvalue weighted by atomic mass is 32.2. The van der Waals surface area contributed by atoms with Gasteiger partial charge in [-0.25, -0.2) is 17.6 Å². The van der Waals surface area contributed by atoms with Crippen molar-refractivity contribution in [1.29, 1.82) is 0 Å². The minimum atomic E-state index is -3.55. The molecule has 0 atom stereocenters. The first kappa shape index (κ1) is 20.7. The summed E-state index contributed by atoms with van der Waals surface area (Å²) in [6.07, 6.45) is 4.49. The first-order valence-corrected chi connectivity index (χ1v) is 12.1. The molecule has 0 saturated heterocycles. The van der Waals surface area contributed by atoms with Crippen LogP contribution in [0.2, 0.25) is 0 Å². The van der Waals surface area contributed by atoms with Gasteiger partial charge in [-0.2, -0.15) is 4.68 Å². The normalized spacial score (nSPS) is 13.7. The van der Waals surface area contributed by atoms with Crippen LogP contribution in [-0.4, -0.2) is 35.8 Å². The Morgan fingerprint density at radius 2 is 2.03 bits per heavy atom. The Bertz CT molecular complexity index is 1470. The van der Waals surface area contributed by atoms with Gasteiger partial charge in [0.15, 0.2) is 16.6 Å². The van der Waals surface area contributed by atoms with E-state index < -0.39 is 21.4 Å². The fourth-order valence-corrected chi connectivity index (χ4v) is 5.83. The van der Waals surface area contributed by atoms with Gasteiger partial charge in [-0.1, -0.05) is 0 Å². The van der Waals surface area contributed by atoms with E-state index in [-0.39, 0.29) is 30.7 Å². The van der Waals surface area contributed by atoms with Crippen molar-refractivity contribution >= 4 is 21.2 Å². The smallest absolute Gasteiger partial charge is 0.437 e. The number of sulfone groups is 1. The maximum Gasteiger partial charge on any atom is 0.437 e. The third-order valence-corrected chi connectivity index (χ3v) is 7.08. The molecule has 12 heteroatoms. The van der Waals surface area contributed by atoms with Gasteiger partial charge in [-0.05, 0) is 24.3 Å². The summed E-state index contributed by atoms with van der Waals surface area (Å²) < 4.78 is 57.3. The van der Waals surface area contributed by atoms with Crippen LogP contribution >= 0.6 is 11.3 Å². The van der Waals surface area contributed by atoms with Crippen LogP contribution in [0.1, 0.15) is 11.1 Å². The number of benzene rings is 1. The summed E-state index contributed by atoms with van der Waals surface area (Å²) in [7, 11) is -3.55. The molecule has 0 bridgehead atoms. The van der Waals surface area contributed by atoms with Gasteiger partial charge in [0.25, 0.3) is 5.89 Å². The molecular weight excluding hydrogens is 461 g/mol. The molecule has 166 valence electrons. The van der Waals surface area contributed by atoms with Crippen molar-refractivity contribution in [3.63, 3.8) is 0 Å². The zero-order chi connectivity index (χ0) is 22.5. The molecule has 1 aliphatic rings. The van der Waals surface area contributed by atoms with E-state index in [9.17, 15) is 17.6 Å². The van der Waals surface area contributed by atoms with Gasteiger partial charge in [0, 0.05) is 35.2 Å². The molecule has 3 aromatic heterocycles. The van der Waals surface area contributed by atoms with Gasteiger partial charge in [-0.15, -0.1) is 16.4 Å². The van der Waals surface area contributed by atoms with Crippen molar-refractivity contribution in [2.75, 3.05) is 13.0 Å². The predicted octanol–water partition coefficient (Wildman–Crippen LogP) is 2.81. The van der Waals surface area contributed by atoms with E-state index in [1.165, 1.54) is 17.5 Å². The molecule has 1 aromatic carbocycles. The molecule has 32 heavy (non-hydrogen) atoms. The number of halogens is 1. The number of hydrogen-bond acceptors (Lipinski definition) is 8. The number of aromatic nitrogens is 3. The number of hydrogen-bond donors (Lipinski definition) is 0. The second kappa shape index (κ2) is 7.73. The van der Waals surface area contributed by atoms with Crippen LogP contribution in [-0.2, 0) is 27.7 Å². The van der Waals surface area contributed by atoms with Gasteiger partial charge < -0.3 is 18.5 Å². The first-order chi connectivity index (χ1) is 15.3. The SMILES string of the molecule is CS(=O)(=O)c1csc(-c2nn(Cc3cc(F)cc4c3OCOC4)c(=O)o2)c1-n1cccc1. The Kier molecular flexibility index (Phi) is 4.99. The van der Waals surface area contributed by atoms with Crippen LogP contribution in [0.25, 0.3) is 16.5 Å². The molecule has 0 fully saturated rings. The zero-order valence-electron chi connectivity index (χ0n) is 16.6. The lowest BCUT2D eigenvalue weighted by molar-refractivity contribution is -0.0173. The molecule has 9 nitrogen and oxygen atoms in total. The van der Waals surface area contributed by atoms with Crippen LogP contribution < -0.4 is 10.5 Å². The van der Waals surface area contributed by atoms with Gasteiger partial charge in [0.05, 0.1) is 18.8 Å². The Balaban J connectivity index is 1.58. The summed E-state index contributed by atoms with van der Waals surface area (Å²) in [4.78, 5) is 13.0. The van der Waals surface area contributed by atoms with Gasteiger partial charge in [0.2, 0.25) is 0 Å². The fraction of sp³-hybridized carbons (Fsp3) is 0.200.